The number of carbonyl (C=O) groups is 1. The minimum absolute atomic E-state index is 0.228. The Kier molecular flexibility index (Phi) is 6.06. The summed E-state index contributed by atoms with van der Waals surface area (Å²) in [5.74, 6) is 0.231. The molecule has 3 heteroatoms. The van der Waals surface area contributed by atoms with Gasteiger partial charge in [-0.2, -0.15) is 0 Å². The summed E-state index contributed by atoms with van der Waals surface area (Å²) in [5.41, 5.74) is 4.93. The van der Waals surface area contributed by atoms with E-state index in [1.54, 1.807) is 0 Å². The molecule has 0 saturated carbocycles. The zero-order valence-corrected chi connectivity index (χ0v) is 17.0. The van der Waals surface area contributed by atoms with E-state index in [-0.39, 0.29) is 11.9 Å². The second-order valence-corrected chi connectivity index (χ2v) is 7.74. The molecule has 1 amide bonds. The predicted octanol–water partition coefficient (Wildman–Crippen LogP) is 4.47. The molecule has 3 nitrogen and oxygen atoms in total. The highest BCUT2D eigenvalue weighted by Crippen LogP contribution is 2.29. The van der Waals surface area contributed by atoms with Crippen molar-refractivity contribution in [1.82, 2.24) is 9.80 Å². The van der Waals surface area contributed by atoms with Gasteiger partial charge >= 0.3 is 0 Å². The maximum Gasteiger partial charge on any atom is 0.227 e. The zero-order chi connectivity index (χ0) is 20.1. The molecule has 29 heavy (non-hydrogen) atoms. The summed E-state index contributed by atoms with van der Waals surface area (Å²) in [6.45, 7) is 5.40. The summed E-state index contributed by atoms with van der Waals surface area (Å²) >= 11 is 0. The van der Waals surface area contributed by atoms with Crippen LogP contribution in [0.4, 0.5) is 0 Å². The van der Waals surface area contributed by atoms with Gasteiger partial charge in [-0.15, -0.1) is 0 Å². The Morgan fingerprint density at radius 3 is 1.83 bits per heavy atom. The summed E-state index contributed by atoms with van der Waals surface area (Å²) in [7, 11) is 0. The molecule has 3 aromatic carbocycles. The molecule has 0 radical (unpaired) electrons. The molecular weight excluding hydrogens is 356 g/mol. The topological polar surface area (TPSA) is 23.6 Å². The minimum atomic E-state index is 0.228. The van der Waals surface area contributed by atoms with Crippen LogP contribution in [-0.2, 0) is 11.2 Å². The molecule has 0 bridgehead atoms. The third kappa shape index (κ3) is 4.57. The SMILES string of the molecule is Cc1ccccc1CC(=O)N1CCN(C(c2ccccc2)c2ccccc2)CC1. The maximum absolute atomic E-state index is 12.8. The van der Waals surface area contributed by atoms with Gasteiger partial charge in [0.15, 0.2) is 0 Å². The average Bonchev–Trinajstić information content (AvgIpc) is 2.77. The molecule has 0 atom stereocenters. The Morgan fingerprint density at radius 1 is 0.759 bits per heavy atom. The maximum atomic E-state index is 12.8. The molecule has 1 saturated heterocycles. The van der Waals surface area contributed by atoms with E-state index in [0.717, 1.165) is 31.7 Å². The predicted molar refractivity (Wildman–Crippen MR) is 118 cm³/mol. The second kappa shape index (κ2) is 9.06. The minimum Gasteiger partial charge on any atom is -0.340 e. The van der Waals surface area contributed by atoms with Gasteiger partial charge in [0.25, 0.3) is 0 Å². The molecule has 1 heterocycles. The molecule has 1 aliphatic heterocycles. The Morgan fingerprint density at radius 2 is 1.28 bits per heavy atom. The molecule has 0 aliphatic carbocycles. The van der Waals surface area contributed by atoms with Gasteiger partial charge < -0.3 is 4.90 Å². The van der Waals surface area contributed by atoms with Crippen molar-refractivity contribution in [2.75, 3.05) is 26.2 Å². The highest BCUT2D eigenvalue weighted by molar-refractivity contribution is 5.79. The molecule has 1 fully saturated rings. The lowest BCUT2D eigenvalue weighted by molar-refractivity contribution is -0.132. The van der Waals surface area contributed by atoms with Gasteiger partial charge in [0.2, 0.25) is 5.91 Å². The fourth-order valence-corrected chi connectivity index (χ4v) is 4.20. The molecule has 4 rings (SSSR count). The Labute approximate surface area is 173 Å². The number of benzene rings is 3. The van der Waals surface area contributed by atoms with Crippen LogP contribution in [0.5, 0.6) is 0 Å². The van der Waals surface area contributed by atoms with Crippen molar-refractivity contribution >= 4 is 5.91 Å². The van der Waals surface area contributed by atoms with Crippen molar-refractivity contribution < 1.29 is 4.79 Å². The van der Waals surface area contributed by atoms with E-state index < -0.39 is 0 Å². The van der Waals surface area contributed by atoms with Gasteiger partial charge in [-0.3, -0.25) is 9.69 Å². The van der Waals surface area contributed by atoms with Crippen LogP contribution in [0.2, 0.25) is 0 Å². The van der Waals surface area contributed by atoms with E-state index >= 15 is 0 Å². The first-order chi connectivity index (χ1) is 14.2. The number of carbonyl (C=O) groups excluding carboxylic acids is 1. The molecule has 0 N–H and O–H groups in total. The summed E-state index contributed by atoms with van der Waals surface area (Å²) in [6, 6.07) is 29.7. The fourth-order valence-electron chi connectivity index (χ4n) is 4.20. The smallest absolute Gasteiger partial charge is 0.227 e. The second-order valence-electron chi connectivity index (χ2n) is 7.74. The first-order valence-electron chi connectivity index (χ1n) is 10.4. The first kappa shape index (κ1) is 19.4. The van der Waals surface area contributed by atoms with Gasteiger partial charge in [0.05, 0.1) is 12.5 Å². The van der Waals surface area contributed by atoms with Crippen LogP contribution >= 0.6 is 0 Å². The normalized spacial score (nSPS) is 14.9. The lowest BCUT2D eigenvalue weighted by Gasteiger charge is -2.40. The molecule has 0 aromatic heterocycles. The molecule has 3 aromatic rings. The molecular formula is C26H28N2O. The highest BCUT2D eigenvalue weighted by atomic mass is 16.2. The van der Waals surface area contributed by atoms with Gasteiger partial charge in [-0.05, 0) is 29.2 Å². The standard InChI is InChI=1S/C26H28N2O/c1-21-10-8-9-15-24(21)20-25(29)27-16-18-28(19-17-27)26(22-11-4-2-5-12-22)23-13-6-3-7-14-23/h2-15,26H,16-20H2,1H3. The summed E-state index contributed by atoms with van der Waals surface area (Å²) in [4.78, 5) is 17.4. The van der Waals surface area contributed by atoms with Gasteiger partial charge in [-0.25, -0.2) is 0 Å². The molecule has 0 spiro atoms. The van der Waals surface area contributed by atoms with Gasteiger partial charge in [0.1, 0.15) is 0 Å². The van der Waals surface area contributed by atoms with Crippen molar-refractivity contribution in [1.29, 1.82) is 0 Å². The number of amides is 1. The molecule has 1 aliphatic rings. The van der Waals surface area contributed by atoms with Crippen LogP contribution in [0.1, 0.15) is 28.3 Å². The average molecular weight is 385 g/mol. The van der Waals surface area contributed by atoms with Crippen molar-refractivity contribution in [3.05, 3.63) is 107 Å². The van der Waals surface area contributed by atoms with Gasteiger partial charge in [0, 0.05) is 26.2 Å². The molecule has 148 valence electrons. The highest BCUT2D eigenvalue weighted by Gasteiger charge is 2.28. The number of nitrogens with zero attached hydrogens (tertiary/aromatic N) is 2. The number of hydrogen-bond donors (Lipinski definition) is 0. The number of hydrogen-bond acceptors (Lipinski definition) is 2. The lowest BCUT2D eigenvalue weighted by atomic mass is 9.96. The van der Waals surface area contributed by atoms with E-state index in [1.165, 1.54) is 16.7 Å². The first-order valence-corrected chi connectivity index (χ1v) is 10.4. The number of aryl methyl sites for hydroxylation is 1. The van der Waals surface area contributed by atoms with E-state index in [9.17, 15) is 4.79 Å². The van der Waals surface area contributed by atoms with Crippen LogP contribution in [-0.4, -0.2) is 41.9 Å². The zero-order valence-electron chi connectivity index (χ0n) is 17.0. The van der Waals surface area contributed by atoms with E-state index in [1.807, 2.05) is 17.0 Å². The fraction of sp³-hybridized carbons (Fsp3) is 0.269. The van der Waals surface area contributed by atoms with Crippen LogP contribution in [0, 0.1) is 6.92 Å². The van der Waals surface area contributed by atoms with Crippen LogP contribution in [0.3, 0.4) is 0 Å². The van der Waals surface area contributed by atoms with Gasteiger partial charge in [-0.1, -0.05) is 84.9 Å². The Bertz CT molecular complexity index is 892. The van der Waals surface area contributed by atoms with Crippen molar-refractivity contribution in [3.8, 4) is 0 Å². The monoisotopic (exact) mass is 384 g/mol. The van der Waals surface area contributed by atoms with Crippen molar-refractivity contribution in [2.24, 2.45) is 0 Å². The van der Waals surface area contributed by atoms with Crippen LogP contribution in [0.15, 0.2) is 84.9 Å². The van der Waals surface area contributed by atoms with E-state index in [0.29, 0.717) is 6.42 Å². The van der Waals surface area contributed by atoms with Crippen molar-refractivity contribution in [2.45, 2.75) is 19.4 Å². The number of rotatable bonds is 5. The largest absolute Gasteiger partial charge is 0.340 e. The molecule has 0 unspecified atom stereocenters. The summed E-state index contributed by atoms with van der Waals surface area (Å²) in [6.07, 6.45) is 0.494. The van der Waals surface area contributed by atoms with E-state index in [2.05, 4.69) is 84.6 Å². The quantitative estimate of drug-likeness (QED) is 0.648. The lowest BCUT2D eigenvalue weighted by Crippen LogP contribution is -2.50. The third-order valence-electron chi connectivity index (χ3n) is 5.87. The Balaban J connectivity index is 1.46. The van der Waals surface area contributed by atoms with Crippen LogP contribution < -0.4 is 0 Å². The number of piperazine rings is 1. The summed E-state index contributed by atoms with van der Waals surface area (Å²) < 4.78 is 0. The Hall–Kier alpha value is -2.91. The summed E-state index contributed by atoms with van der Waals surface area (Å²) in [5, 5.41) is 0. The van der Waals surface area contributed by atoms with Crippen molar-refractivity contribution in [3.63, 3.8) is 0 Å². The van der Waals surface area contributed by atoms with Crippen LogP contribution in [0.25, 0.3) is 0 Å². The van der Waals surface area contributed by atoms with E-state index in [4.69, 9.17) is 0 Å². The third-order valence-corrected chi connectivity index (χ3v) is 5.87.